The van der Waals surface area contributed by atoms with Crippen molar-refractivity contribution in [3.8, 4) is 11.5 Å². The number of carbonyl (C=O) groups is 1. The highest BCUT2D eigenvalue weighted by molar-refractivity contribution is 5.95. The Morgan fingerprint density at radius 2 is 1.82 bits per heavy atom. The van der Waals surface area contributed by atoms with Crippen molar-refractivity contribution in [2.24, 2.45) is 0 Å². The predicted octanol–water partition coefficient (Wildman–Crippen LogP) is 1.96. The second-order valence-electron chi connectivity index (χ2n) is 6.64. The lowest BCUT2D eigenvalue weighted by atomic mass is 10.1. The number of nitrogens with zero attached hydrogens (tertiary/aromatic N) is 1. The van der Waals surface area contributed by atoms with Crippen molar-refractivity contribution in [3.63, 3.8) is 0 Å². The molecule has 2 atom stereocenters. The predicted molar refractivity (Wildman–Crippen MR) is 106 cm³/mol. The Labute approximate surface area is 164 Å². The Morgan fingerprint density at radius 3 is 2.43 bits per heavy atom. The molecule has 0 aromatic heterocycles. The highest BCUT2D eigenvalue weighted by atomic mass is 16.6. The van der Waals surface area contributed by atoms with Crippen LogP contribution in [0.1, 0.15) is 18.1 Å². The van der Waals surface area contributed by atoms with Crippen molar-refractivity contribution in [3.05, 3.63) is 57.6 Å². The van der Waals surface area contributed by atoms with E-state index in [1.54, 1.807) is 33.3 Å². The van der Waals surface area contributed by atoms with Gasteiger partial charge in [0.2, 0.25) is 0 Å². The van der Waals surface area contributed by atoms with E-state index >= 15 is 0 Å². The number of ether oxygens (including phenoxy) is 2. The van der Waals surface area contributed by atoms with Crippen LogP contribution >= 0.6 is 0 Å². The largest absolute Gasteiger partial charge is 0.493 e. The van der Waals surface area contributed by atoms with Gasteiger partial charge in [0.15, 0.2) is 17.5 Å². The zero-order chi connectivity index (χ0) is 20.8. The average molecular weight is 388 g/mol. The molecule has 28 heavy (non-hydrogen) atoms. The number of amides is 1. The van der Waals surface area contributed by atoms with Crippen molar-refractivity contribution in [2.45, 2.75) is 26.4 Å². The molecule has 0 fully saturated rings. The van der Waals surface area contributed by atoms with Gasteiger partial charge in [0.05, 0.1) is 26.2 Å². The number of nitrogens with one attached hydrogen (secondary N) is 2. The second kappa shape index (κ2) is 9.18. The van der Waals surface area contributed by atoms with Crippen LogP contribution in [0.2, 0.25) is 0 Å². The summed E-state index contributed by atoms with van der Waals surface area (Å²) in [7, 11) is 5.07. The molecule has 1 amide bonds. The van der Waals surface area contributed by atoms with Crippen molar-refractivity contribution >= 4 is 17.3 Å². The van der Waals surface area contributed by atoms with E-state index < -0.39 is 11.0 Å². The number of rotatable bonds is 8. The first kappa shape index (κ1) is 21.2. The summed E-state index contributed by atoms with van der Waals surface area (Å²) >= 11 is 0. The van der Waals surface area contributed by atoms with Gasteiger partial charge in [-0.25, -0.2) is 0 Å². The first-order valence-electron chi connectivity index (χ1n) is 8.86. The minimum atomic E-state index is -0.510. The standard InChI is InChI=1S/C20H25N3O5/c1-13-10-18(27-4)19(28-5)11-15(13)12-22(3)14(2)20(24)21-16-8-6-7-9-17(16)23(25)26/h6-11,14H,12H2,1-5H3,(H,21,24)/p+1/t14-/m1/s1. The van der Waals surface area contributed by atoms with Crippen LogP contribution in [0.15, 0.2) is 36.4 Å². The second-order valence-corrected chi connectivity index (χ2v) is 6.64. The fourth-order valence-corrected chi connectivity index (χ4v) is 2.87. The zero-order valence-electron chi connectivity index (χ0n) is 16.7. The van der Waals surface area contributed by atoms with Crippen molar-refractivity contribution in [1.29, 1.82) is 0 Å². The van der Waals surface area contributed by atoms with Gasteiger partial charge in [-0.3, -0.25) is 14.9 Å². The SMILES string of the molecule is COc1cc(C)c(C[NH+](C)[C@H](C)C(=O)Nc2ccccc2[N+](=O)[O-])cc1OC. The summed E-state index contributed by atoms with van der Waals surface area (Å²) in [6.45, 7) is 4.34. The number of methoxy groups -OCH3 is 2. The third-order valence-corrected chi connectivity index (χ3v) is 4.80. The molecule has 0 saturated heterocycles. The molecular weight excluding hydrogens is 362 g/mol. The maximum absolute atomic E-state index is 12.6. The summed E-state index contributed by atoms with van der Waals surface area (Å²) in [4.78, 5) is 24.2. The van der Waals surface area contributed by atoms with Gasteiger partial charge in [-0.2, -0.15) is 0 Å². The number of hydrogen-bond acceptors (Lipinski definition) is 5. The number of anilines is 1. The maximum atomic E-state index is 12.6. The fourth-order valence-electron chi connectivity index (χ4n) is 2.87. The quantitative estimate of drug-likeness (QED) is 0.532. The Bertz CT molecular complexity index is 869. The van der Waals surface area contributed by atoms with Gasteiger partial charge in [0.25, 0.3) is 11.6 Å². The molecule has 0 radical (unpaired) electrons. The Hall–Kier alpha value is -3.13. The molecule has 2 aromatic carbocycles. The number of nitro groups is 1. The summed E-state index contributed by atoms with van der Waals surface area (Å²) in [5.41, 5.74) is 2.12. The van der Waals surface area contributed by atoms with E-state index in [2.05, 4.69) is 5.32 Å². The highest BCUT2D eigenvalue weighted by Crippen LogP contribution is 2.30. The number of benzene rings is 2. The van der Waals surface area contributed by atoms with Gasteiger partial charge in [0.1, 0.15) is 12.2 Å². The number of hydrogen-bond donors (Lipinski definition) is 2. The summed E-state index contributed by atoms with van der Waals surface area (Å²) in [5.74, 6) is 1.00. The topological polar surface area (TPSA) is 95.1 Å². The summed E-state index contributed by atoms with van der Waals surface area (Å²) in [5, 5.41) is 13.8. The highest BCUT2D eigenvalue weighted by Gasteiger charge is 2.25. The number of para-hydroxylation sites is 2. The minimum absolute atomic E-state index is 0.128. The molecule has 150 valence electrons. The number of carbonyl (C=O) groups excluding carboxylic acids is 1. The molecular formula is C20H26N3O5+. The Kier molecular flexibility index (Phi) is 6.94. The Balaban J connectivity index is 2.14. The third kappa shape index (κ3) is 4.77. The van der Waals surface area contributed by atoms with Crippen LogP contribution < -0.4 is 19.7 Å². The lowest BCUT2D eigenvalue weighted by Crippen LogP contribution is -3.12. The molecule has 0 spiro atoms. The number of likely N-dealkylation sites (N-methyl/N-ethyl adjacent to an activating group) is 1. The van der Waals surface area contributed by atoms with Crippen molar-refractivity contribution in [2.75, 3.05) is 26.6 Å². The average Bonchev–Trinajstić information content (AvgIpc) is 2.68. The first-order chi connectivity index (χ1) is 13.3. The van der Waals surface area contributed by atoms with Gasteiger partial charge in [-0.05, 0) is 37.6 Å². The molecule has 1 unspecified atom stereocenters. The third-order valence-electron chi connectivity index (χ3n) is 4.80. The van der Waals surface area contributed by atoms with Crippen LogP contribution in [0.25, 0.3) is 0 Å². The molecule has 8 nitrogen and oxygen atoms in total. The number of aryl methyl sites for hydroxylation is 1. The van der Waals surface area contributed by atoms with Crippen molar-refractivity contribution < 1.29 is 24.1 Å². The maximum Gasteiger partial charge on any atom is 0.292 e. The molecule has 0 aliphatic carbocycles. The lowest BCUT2D eigenvalue weighted by molar-refractivity contribution is -0.907. The molecule has 0 aliphatic rings. The molecule has 0 bridgehead atoms. The van der Waals surface area contributed by atoms with Crippen LogP contribution in [0.5, 0.6) is 11.5 Å². The Morgan fingerprint density at radius 1 is 1.21 bits per heavy atom. The van der Waals surface area contributed by atoms with E-state index in [0.29, 0.717) is 18.0 Å². The molecule has 8 heteroatoms. The van der Waals surface area contributed by atoms with E-state index in [1.807, 2.05) is 26.1 Å². The van der Waals surface area contributed by atoms with Crippen LogP contribution in [-0.2, 0) is 11.3 Å². The summed E-state index contributed by atoms with van der Waals surface area (Å²) in [6, 6.07) is 9.49. The smallest absolute Gasteiger partial charge is 0.292 e. The molecule has 0 saturated carbocycles. The zero-order valence-corrected chi connectivity index (χ0v) is 16.7. The van der Waals surface area contributed by atoms with E-state index in [9.17, 15) is 14.9 Å². The van der Waals surface area contributed by atoms with Crippen LogP contribution in [0.3, 0.4) is 0 Å². The van der Waals surface area contributed by atoms with Crippen LogP contribution in [0.4, 0.5) is 11.4 Å². The molecule has 0 aliphatic heterocycles. The number of nitro benzene ring substituents is 1. The van der Waals surface area contributed by atoms with Gasteiger partial charge >= 0.3 is 0 Å². The van der Waals surface area contributed by atoms with Gasteiger partial charge in [-0.1, -0.05) is 12.1 Å². The van der Waals surface area contributed by atoms with Crippen molar-refractivity contribution in [1.82, 2.24) is 0 Å². The van der Waals surface area contributed by atoms with E-state index in [4.69, 9.17) is 9.47 Å². The lowest BCUT2D eigenvalue weighted by Gasteiger charge is -2.22. The molecule has 0 heterocycles. The summed E-state index contributed by atoms with van der Waals surface area (Å²) in [6.07, 6.45) is 0. The molecule has 2 aromatic rings. The minimum Gasteiger partial charge on any atom is -0.493 e. The van der Waals surface area contributed by atoms with Gasteiger partial charge in [0, 0.05) is 11.6 Å². The van der Waals surface area contributed by atoms with Gasteiger partial charge < -0.3 is 19.7 Å². The first-order valence-corrected chi connectivity index (χ1v) is 8.86. The molecule has 2 rings (SSSR count). The summed E-state index contributed by atoms with van der Waals surface area (Å²) < 4.78 is 10.7. The normalized spacial score (nSPS) is 12.8. The fraction of sp³-hybridized carbons (Fsp3) is 0.350. The van der Waals surface area contributed by atoms with E-state index in [-0.39, 0.29) is 17.3 Å². The van der Waals surface area contributed by atoms with Gasteiger partial charge in [-0.15, -0.1) is 0 Å². The van der Waals surface area contributed by atoms with E-state index in [1.165, 1.54) is 12.1 Å². The monoisotopic (exact) mass is 388 g/mol. The molecule has 2 N–H and O–H groups in total. The van der Waals surface area contributed by atoms with E-state index in [0.717, 1.165) is 16.0 Å². The number of quaternary nitrogens is 1. The van der Waals surface area contributed by atoms with Crippen LogP contribution in [0, 0.1) is 17.0 Å². The van der Waals surface area contributed by atoms with Crippen LogP contribution in [-0.4, -0.2) is 38.1 Å².